The molecule has 1 aliphatic heterocycles. The third-order valence-corrected chi connectivity index (χ3v) is 3.93. The monoisotopic (exact) mass is 218 g/mol. The fourth-order valence-electron chi connectivity index (χ4n) is 3.09. The van der Waals surface area contributed by atoms with Crippen molar-refractivity contribution in [3.63, 3.8) is 0 Å². The first kappa shape index (κ1) is 10.2. The second kappa shape index (κ2) is 3.77. The van der Waals surface area contributed by atoms with E-state index in [0.717, 1.165) is 30.6 Å². The molecule has 0 aromatic heterocycles. The normalized spacial score (nSPS) is 27.2. The van der Waals surface area contributed by atoms with Crippen LogP contribution in [0.1, 0.15) is 50.2 Å². The zero-order chi connectivity index (χ0) is 11.0. The molecule has 2 heteroatoms. The lowest BCUT2D eigenvalue weighted by molar-refractivity contribution is -0.0381. The van der Waals surface area contributed by atoms with Gasteiger partial charge in [-0.2, -0.15) is 0 Å². The van der Waals surface area contributed by atoms with Crippen molar-refractivity contribution in [2.45, 2.75) is 50.2 Å². The quantitative estimate of drug-likeness (QED) is 0.724. The van der Waals surface area contributed by atoms with Gasteiger partial charge in [-0.15, -0.1) is 0 Å². The summed E-state index contributed by atoms with van der Waals surface area (Å²) in [5.41, 5.74) is 0.880. The predicted octanol–water partition coefficient (Wildman–Crippen LogP) is 3.21. The Labute approximate surface area is 96.2 Å². The van der Waals surface area contributed by atoms with Crippen LogP contribution in [0.25, 0.3) is 0 Å². The van der Waals surface area contributed by atoms with E-state index in [9.17, 15) is 5.11 Å². The fraction of sp³-hybridized carbons (Fsp3) is 0.571. The molecule has 2 nitrogen and oxygen atoms in total. The summed E-state index contributed by atoms with van der Waals surface area (Å²) >= 11 is 0. The van der Waals surface area contributed by atoms with E-state index < -0.39 is 0 Å². The summed E-state index contributed by atoms with van der Waals surface area (Å²) < 4.78 is 6.17. The molecule has 0 unspecified atom stereocenters. The van der Waals surface area contributed by atoms with Gasteiger partial charge in [0.2, 0.25) is 0 Å². The van der Waals surface area contributed by atoms with Gasteiger partial charge in [0, 0.05) is 12.0 Å². The molecule has 0 saturated heterocycles. The molecule has 86 valence electrons. The molecule has 1 N–H and O–H groups in total. The summed E-state index contributed by atoms with van der Waals surface area (Å²) in [6.45, 7) is 0. The Kier molecular flexibility index (Phi) is 2.40. The average Bonchev–Trinajstić information content (AvgIpc) is 2.30. The second-order valence-corrected chi connectivity index (χ2v) is 5.10. The maximum atomic E-state index is 10.2. The van der Waals surface area contributed by atoms with Crippen molar-refractivity contribution in [3.8, 4) is 5.75 Å². The van der Waals surface area contributed by atoms with E-state index in [2.05, 4.69) is 0 Å². The molecule has 2 aliphatic rings. The summed E-state index contributed by atoms with van der Waals surface area (Å²) in [5, 5.41) is 10.2. The van der Waals surface area contributed by atoms with Gasteiger partial charge in [-0.25, -0.2) is 0 Å². The minimum atomic E-state index is -0.344. The van der Waals surface area contributed by atoms with Crippen LogP contribution in [-0.4, -0.2) is 10.7 Å². The lowest BCUT2D eigenvalue weighted by Crippen LogP contribution is -2.42. The van der Waals surface area contributed by atoms with E-state index in [1.54, 1.807) is 0 Å². The van der Waals surface area contributed by atoms with Crippen molar-refractivity contribution in [2.75, 3.05) is 0 Å². The van der Waals surface area contributed by atoms with E-state index in [0.29, 0.717) is 0 Å². The molecule has 3 rings (SSSR count). The van der Waals surface area contributed by atoms with E-state index >= 15 is 0 Å². The van der Waals surface area contributed by atoms with Crippen molar-refractivity contribution in [1.29, 1.82) is 0 Å². The molecular formula is C14H18O2. The Morgan fingerprint density at radius 2 is 1.88 bits per heavy atom. The molecule has 0 bridgehead atoms. The van der Waals surface area contributed by atoms with Gasteiger partial charge in [0.15, 0.2) is 0 Å². The van der Waals surface area contributed by atoms with Gasteiger partial charge in [-0.1, -0.05) is 24.6 Å². The van der Waals surface area contributed by atoms with Crippen molar-refractivity contribution >= 4 is 0 Å². The van der Waals surface area contributed by atoms with Crippen molar-refractivity contribution in [3.05, 3.63) is 29.8 Å². The SMILES string of the molecule is O[C@@H]1CC2(CCCCC2)Oc2ccccc21. The van der Waals surface area contributed by atoms with Crippen LogP contribution in [0.5, 0.6) is 5.75 Å². The predicted molar refractivity (Wildman–Crippen MR) is 62.5 cm³/mol. The van der Waals surface area contributed by atoms with E-state index in [1.165, 1.54) is 19.3 Å². The zero-order valence-corrected chi connectivity index (χ0v) is 9.48. The van der Waals surface area contributed by atoms with Crippen LogP contribution in [0.2, 0.25) is 0 Å². The number of benzene rings is 1. The maximum absolute atomic E-state index is 10.2. The molecule has 16 heavy (non-hydrogen) atoms. The van der Waals surface area contributed by atoms with Crippen LogP contribution in [0.15, 0.2) is 24.3 Å². The second-order valence-electron chi connectivity index (χ2n) is 5.10. The first-order valence-corrected chi connectivity index (χ1v) is 6.25. The summed E-state index contributed by atoms with van der Waals surface area (Å²) in [6, 6.07) is 7.89. The Morgan fingerprint density at radius 1 is 1.12 bits per heavy atom. The lowest BCUT2D eigenvalue weighted by Gasteiger charge is -2.43. The number of aliphatic hydroxyl groups is 1. The fourth-order valence-corrected chi connectivity index (χ4v) is 3.09. The first-order valence-electron chi connectivity index (χ1n) is 6.25. The highest BCUT2D eigenvalue weighted by molar-refractivity contribution is 5.38. The third kappa shape index (κ3) is 1.61. The number of hydrogen-bond donors (Lipinski definition) is 1. The lowest BCUT2D eigenvalue weighted by atomic mass is 9.78. The third-order valence-electron chi connectivity index (χ3n) is 3.93. The van der Waals surface area contributed by atoms with E-state index in [-0.39, 0.29) is 11.7 Å². The van der Waals surface area contributed by atoms with Crippen LogP contribution in [0, 0.1) is 0 Å². The van der Waals surface area contributed by atoms with Gasteiger partial charge in [0.1, 0.15) is 11.4 Å². The molecule has 1 aromatic rings. The summed E-state index contributed by atoms with van der Waals surface area (Å²) in [7, 11) is 0. The maximum Gasteiger partial charge on any atom is 0.125 e. The molecule has 1 aliphatic carbocycles. The standard InChI is InChI=1S/C14H18O2/c15-12-10-14(8-4-1-5-9-14)16-13-7-3-2-6-11(12)13/h2-3,6-7,12,15H,1,4-5,8-10H2/t12-/m1/s1. The van der Waals surface area contributed by atoms with Gasteiger partial charge < -0.3 is 9.84 Å². The topological polar surface area (TPSA) is 29.5 Å². The number of para-hydroxylation sites is 1. The van der Waals surface area contributed by atoms with Crippen molar-refractivity contribution < 1.29 is 9.84 Å². The highest BCUT2D eigenvalue weighted by Crippen LogP contribution is 2.45. The van der Waals surface area contributed by atoms with Crippen LogP contribution in [0.4, 0.5) is 0 Å². The Balaban J connectivity index is 1.93. The highest BCUT2D eigenvalue weighted by Gasteiger charge is 2.40. The van der Waals surface area contributed by atoms with Crippen molar-refractivity contribution in [1.82, 2.24) is 0 Å². The van der Waals surface area contributed by atoms with Gasteiger partial charge in [-0.05, 0) is 31.7 Å². The molecule has 1 aromatic carbocycles. The molecule has 1 atom stereocenters. The largest absolute Gasteiger partial charge is 0.487 e. The van der Waals surface area contributed by atoms with Crippen LogP contribution < -0.4 is 4.74 Å². The Morgan fingerprint density at radius 3 is 2.69 bits per heavy atom. The molecule has 0 amide bonds. The number of ether oxygens (including phenoxy) is 1. The van der Waals surface area contributed by atoms with Crippen LogP contribution in [0.3, 0.4) is 0 Å². The van der Waals surface area contributed by atoms with E-state index in [1.807, 2.05) is 24.3 Å². The molecule has 1 saturated carbocycles. The number of hydrogen-bond acceptors (Lipinski definition) is 2. The minimum Gasteiger partial charge on any atom is -0.487 e. The molecular weight excluding hydrogens is 200 g/mol. The average molecular weight is 218 g/mol. The summed E-state index contributed by atoms with van der Waals surface area (Å²) in [5.74, 6) is 0.892. The zero-order valence-electron chi connectivity index (χ0n) is 9.48. The first-order chi connectivity index (χ1) is 7.79. The summed E-state index contributed by atoms with van der Waals surface area (Å²) in [4.78, 5) is 0. The van der Waals surface area contributed by atoms with Crippen LogP contribution in [-0.2, 0) is 0 Å². The minimum absolute atomic E-state index is 0.0774. The van der Waals surface area contributed by atoms with E-state index in [4.69, 9.17) is 4.74 Å². The smallest absolute Gasteiger partial charge is 0.125 e. The Bertz CT molecular complexity index is 380. The molecule has 1 fully saturated rings. The number of aliphatic hydroxyl groups excluding tert-OH is 1. The number of rotatable bonds is 0. The van der Waals surface area contributed by atoms with Crippen LogP contribution >= 0.6 is 0 Å². The van der Waals surface area contributed by atoms with Crippen molar-refractivity contribution in [2.24, 2.45) is 0 Å². The molecule has 0 radical (unpaired) electrons. The van der Waals surface area contributed by atoms with Gasteiger partial charge in [0.05, 0.1) is 6.10 Å². The molecule has 1 spiro atoms. The Hall–Kier alpha value is -1.02. The van der Waals surface area contributed by atoms with Gasteiger partial charge in [0.25, 0.3) is 0 Å². The van der Waals surface area contributed by atoms with Gasteiger partial charge >= 0.3 is 0 Å². The number of fused-ring (bicyclic) bond motifs is 1. The van der Waals surface area contributed by atoms with Gasteiger partial charge in [-0.3, -0.25) is 0 Å². The highest BCUT2D eigenvalue weighted by atomic mass is 16.5. The summed E-state index contributed by atoms with van der Waals surface area (Å²) in [6.07, 6.45) is 6.39. The molecule has 1 heterocycles.